The van der Waals surface area contributed by atoms with Crippen molar-refractivity contribution < 1.29 is 23.2 Å². The smallest absolute Gasteiger partial charge is 0.323 e. The van der Waals surface area contributed by atoms with E-state index in [-0.39, 0.29) is 11.1 Å². The molecule has 1 saturated heterocycles. The van der Waals surface area contributed by atoms with Crippen LogP contribution in [0.4, 0.5) is 19.3 Å². The van der Waals surface area contributed by atoms with Crippen molar-refractivity contribution in [2.45, 2.75) is 58.4 Å². The number of amides is 4. The third-order valence-corrected chi connectivity index (χ3v) is 6.61. The molecule has 2 fully saturated rings. The van der Waals surface area contributed by atoms with Crippen LogP contribution in [0.3, 0.4) is 0 Å². The standard InChI is InChI=1S/C21H27F2N3O3/c1-4-20(2,3)13-7-9-21(10-8-13)18(28)26(19(29)25-21)12-17(27)24-16-6-5-14(22)11-15(16)23/h5-6,11,13H,4,7-10,12H2,1-3H3,(H,24,27)(H,25,29). The van der Waals surface area contributed by atoms with Gasteiger partial charge in [-0.15, -0.1) is 0 Å². The lowest BCUT2D eigenvalue weighted by Gasteiger charge is -2.42. The Hall–Kier alpha value is -2.51. The Morgan fingerprint density at radius 2 is 1.93 bits per heavy atom. The van der Waals surface area contributed by atoms with Crippen molar-refractivity contribution in [3.63, 3.8) is 0 Å². The third kappa shape index (κ3) is 4.11. The second kappa shape index (κ2) is 7.72. The molecule has 2 N–H and O–H groups in total. The molecule has 0 unspecified atom stereocenters. The van der Waals surface area contributed by atoms with E-state index in [2.05, 4.69) is 31.4 Å². The highest BCUT2D eigenvalue weighted by molar-refractivity contribution is 6.10. The minimum atomic E-state index is -0.960. The molecule has 1 spiro atoms. The molecule has 1 aromatic rings. The number of hydrogen-bond acceptors (Lipinski definition) is 3. The predicted octanol–water partition coefficient (Wildman–Crippen LogP) is 3.82. The maximum Gasteiger partial charge on any atom is 0.325 e. The van der Waals surface area contributed by atoms with Crippen LogP contribution in [0.1, 0.15) is 52.9 Å². The van der Waals surface area contributed by atoms with E-state index in [0.717, 1.165) is 36.3 Å². The largest absolute Gasteiger partial charge is 0.325 e. The maximum absolute atomic E-state index is 13.7. The first-order valence-corrected chi connectivity index (χ1v) is 9.97. The topological polar surface area (TPSA) is 78.5 Å². The molecule has 3 rings (SSSR count). The van der Waals surface area contributed by atoms with Gasteiger partial charge in [-0.05, 0) is 49.1 Å². The van der Waals surface area contributed by atoms with E-state index >= 15 is 0 Å². The zero-order chi connectivity index (χ0) is 21.4. The van der Waals surface area contributed by atoms with Crippen molar-refractivity contribution in [2.75, 3.05) is 11.9 Å². The Balaban J connectivity index is 1.64. The summed E-state index contributed by atoms with van der Waals surface area (Å²) in [5, 5.41) is 5.06. The van der Waals surface area contributed by atoms with E-state index in [4.69, 9.17) is 0 Å². The molecule has 4 amide bonds. The van der Waals surface area contributed by atoms with Crippen LogP contribution in [-0.2, 0) is 9.59 Å². The van der Waals surface area contributed by atoms with Gasteiger partial charge in [0.05, 0.1) is 5.69 Å². The predicted molar refractivity (Wildman–Crippen MR) is 104 cm³/mol. The number of nitrogens with zero attached hydrogens (tertiary/aromatic N) is 1. The molecule has 1 saturated carbocycles. The quantitative estimate of drug-likeness (QED) is 0.729. The van der Waals surface area contributed by atoms with Crippen molar-refractivity contribution in [2.24, 2.45) is 11.3 Å². The highest BCUT2D eigenvalue weighted by Gasteiger charge is 2.53. The monoisotopic (exact) mass is 407 g/mol. The molecule has 29 heavy (non-hydrogen) atoms. The molecule has 0 atom stereocenters. The zero-order valence-electron chi connectivity index (χ0n) is 17.0. The number of imide groups is 1. The lowest BCUT2D eigenvalue weighted by molar-refractivity contribution is -0.135. The van der Waals surface area contributed by atoms with Crippen LogP contribution in [-0.4, -0.2) is 34.8 Å². The third-order valence-electron chi connectivity index (χ3n) is 6.61. The van der Waals surface area contributed by atoms with Gasteiger partial charge in [-0.3, -0.25) is 14.5 Å². The molecule has 1 heterocycles. The highest BCUT2D eigenvalue weighted by Crippen LogP contribution is 2.45. The summed E-state index contributed by atoms with van der Waals surface area (Å²) in [4.78, 5) is 38.5. The first-order chi connectivity index (χ1) is 13.6. The van der Waals surface area contributed by atoms with Gasteiger partial charge >= 0.3 is 6.03 Å². The van der Waals surface area contributed by atoms with Crippen LogP contribution in [0.2, 0.25) is 0 Å². The minimum Gasteiger partial charge on any atom is -0.323 e. The molecular weight excluding hydrogens is 380 g/mol. The van der Waals surface area contributed by atoms with Crippen LogP contribution >= 0.6 is 0 Å². The van der Waals surface area contributed by atoms with E-state index in [1.807, 2.05) is 0 Å². The van der Waals surface area contributed by atoms with Crippen LogP contribution in [0, 0.1) is 23.0 Å². The Morgan fingerprint density at radius 1 is 1.28 bits per heavy atom. The zero-order valence-corrected chi connectivity index (χ0v) is 17.0. The molecule has 8 heteroatoms. The first-order valence-electron chi connectivity index (χ1n) is 9.97. The summed E-state index contributed by atoms with van der Waals surface area (Å²) >= 11 is 0. The van der Waals surface area contributed by atoms with Gasteiger partial charge in [-0.1, -0.05) is 27.2 Å². The van der Waals surface area contributed by atoms with Gasteiger partial charge in [0.25, 0.3) is 5.91 Å². The summed E-state index contributed by atoms with van der Waals surface area (Å²) in [6.07, 6.45) is 3.77. The van der Waals surface area contributed by atoms with Gasteiger partial charge in [-0.2, -0.15) is 0 Å². The van der Waals surface area contributed by atoms with Gasteiger partial charge < -0.3 is 10.6 Å². The van der Waals surface area contributed by atoms with Crippen LogP contribution < -0.4 is 10.6 Å². The van der Waals surface area contributed by atoms with Crippen molar-refractivity contribution >= 4 is 23.5 Å². The van der Waals surface area contributed by atoms with E-state index in [9.17, 15) is 23.2 Å². The minimum absolute atomic E-state index is 0.173. The average molecular weight is 407 g/mol. The normalized spacial score (nSPS) is 24.7. The van der Waals surface area contributed by atoms with E-state index in [1.165, 1.54) is 0 Å². The van der Waals surface area contributed by atoms with Crippen molar-refractivity contribution in [3.05, 3.63) is 29.8 Å². The number of halogens is 2. The number of hydrogen-bond donors (Lipinski definition) is 2. The fourth-order valence-corrected chi connectivity index (χ4v) is 4.26. The number of nitrogens with one attached hydrogen (secondary N) is 2. The van der Waals surface area contributed by atoms with Gasteiger partial charge in [0, 0.05) is 6.07 Å². The van der Waals surface area contributed by atoms with E-state index in [0.29, 0.717) is 24.8 Å². The van der Waals surface area contributed by atoms with Crippen LogP contribution in [0.5, 0.6) is 0 Å². The molecule has 0 aromatic heterocycles. The van der Waals surface area contributed by atoms with Gasteiger partial charge in [-0.25, -0.2) is 13.6 Å². The number of rotatable bonds is 5. The second-order valence-electron chi connectivity index (χ2n) is 8.69. The molecule has 158 valence electrons. The van der Waals surface area contributed by atoms with Crippen molar-refractivity contribution in [3.8, 4) is 0 Å². The Bertz CT molecular complexity index is 832. The molecule has 1 aliphatic carbocycles. The lowest BCUT2D eigenvalue weighted by atomic mass is 9.65. The lowest BCUT2D eigenvalue weighted by Crippen LogP contribution is -2.51. The average Bonchev–Trinajstić information content (AvgIpc) is 2.88. The fraction of sp³-hybridized carbons (Fsp3) is 0.571. The number of anilines is 1. The van der Waals surface area contributed by atoms with E-state index in [1.54, 1.807) is 0 Å². The second-order valence-corrected chi connectivity index (χ2v) is 8.69. The summed E-state index contributed by atoms with van der Waals surface area (Å²) in [5.74, 6) is -2.36. The summed E-state index contributed by atoms with van der Waals surface area (Å²) in [7, 11) is 0. The molecule has 0 bridgehead atoms. The Kier molecular flexibility index (Phi) is 5.65. The SMILES string of the molecule is CCC(C)(C)C1CCC2(CC1)NC(=O)N(CC(=O)Nc1ccc(F)cc1F)C2=O. The summed E-state index contributed by atoms with van der Waals surface area (Å²) in [6.45, 7) is 6.07. The van der Waals surface area contributed by atoms with Gasteiger partial charge in [0.15, 0.2) is 0 Å². The van der Waals surface area contributed by atoms with E-state index < -0.39 is 41.6 Å². The first kappa shape index (κ1) is 21.2. The maximum atomic E-state index is 13.7. The molecule has 2 aliphatic rings. The van der Waals surface area contributed by atoms with Gasteiger partial charge in [0.2, 0.25) is 5.91 Å². The molecular formula is C21H27F2N3O3. The Labute approximate surface area is 169 Å². The van der Waals surface area contributed by atoms with Crippen molar-refractivity contribution in [1.82, 2.24) is 10.2 Å². The number of carbonyl (C=O) groups excluding carboxylic acids is 3. The number of benzene rings is 1. The Morgan fingerprint density at radius 3 is 2.52 bits per heavy atom. The molecule has 1 aromatic carbocycles. The highest BCUT2D eigenvalue weighted by atomic mass is 19.1. The summed E-state index contributed by atoms with van der Waals surface area (Å²) < 4.78 is 26.7. The fourth-order valence-electron chi connectivity index (χ4n) is 4.26. The number of carbonyl (C=O) groups is 3. The summed E-state index contributed by atoms with van der Waals surface area (Å²) in [6, 6.07) is 2.14. The summed E-state index contributed by atoms with van der Waals surface area (Å²) in [5.41, 5.74) is -0.995. The number of urea groups is 1. The molecule has 6 nitrogen and oxygen atoms in total. The van der Waals surface area contributed by atoms with Crippen molar-refractivity contribution in [1.29, 1.82) is 0 Å². The molecule has 0 radical (unpaired) electrons. The van der Waals surface area contributed by atoms with Crippen LogP contribution in [0.25, 0.3) is 0 Å². The van der Waals surface area contributed by atoms with Gasteiger partial charge in [0.1, 0.15) is 23.7 Å². The van der Waals surface area contributed by atoms with Crippen LogP contribution in [0.15, 0.2) is 18.2 Å². The molecule has 1 aliphatic heterocycles.